The first-order valence-corrected chi connectivity index (χ1v) is 11.9. The van der Waals surface area contributed by atoms with Crippen molar-refractivity contribution in [2.45, 2.75) is 51.5 Å². The highest BCUT2D eigenvalue weighted by Crippen LogP contribution is 2.44. The van der Waals surface area contributed by atoms with Gasteiger partial charge in [-0.05, 0) is 60.8 Å². The number of fused-ring (bicyclic) bond motifs is 3. The summed E-state index contributed by atoms with van der Waals surface area (Å²) < 4.78 is 5.62. The molecule has 1 unspecified atom stereocenters. The van der Waals surface area contributed by atoms with Crippen LogP contribution in [0.4, 0.5) is 4.79 Å². The molecule has 0 saturated heterocycles. The normalized spacial score (nSPS) is 22.2. The maximum atomic E-state index is 13.0. The summed E-state index contributed by atoms with van der Waals surface area (Å²) in [6, 6.07) is 15.3. The zero-order chi connectivity index (χ0) is 24.3. The number of alkyl carbamates (subject to hydrolysis) is 1. The Hall–Kier alpha value is -3.35. The molecule has 1 atom stereocenters. The van der Waals surface area contributed by atoms with Crippen LogP contribution in [-0.2, 0) is 14.3 Å². The van der Waals surface area contributed by atoms with Crippen molar-refractivity contribution >= 4 is 18.0 Å². The summed E-state index contributed by atoms with van der Waals surface area (Å²) in [6.45, 7) is 3.90. The van der Waals surface area contributed by atoms with Crippen LogP contribution in [-0.4, -0.2) is 42.3 Å². The monoisotopic (exact) mass is 464 g/mol. The van der Waals surface area contributed by atoms with E-state index >= 15 is 0 Å². The van der Waals surface area contributed by atoms with Crippen LogP contribution >= 0.6 is 0 Å². The second-order valence-electron chi connectivity index (χ2n) is 9.68. The molecule has 0 aromatic heterocycles. The lowest BCUT2D eigenvalue weighted by molar-refractivity contribution is -0.144. The lowest BCUT2D eigenvalue weighted by atomic mass is 9.70. The van der Waals surface area contributed by atoms with E-state index in [0.717, 1.165) is 35.1 Å². The molecule has 1 saturated carbocycles. The van der Waals surface area contributed by atoms with Crippen molar-refractivity contribution in [2.24, 2.45) is 11.3 Å². The van der Waals surface area contributed by atoms with Crippen LogP contribution in [0.3, 0.4) is 0 Å². The lowest BCUT2D eigenvalue weighted by Crippen LogP contribution is -2.53. The van der Waals surface area contributed by atoms with E-state index in [-0.39, 0.29) is 25.0 Å². The smallest absolute Gasteiger partial charge is 0.407 e. The van der Waals surface area contributed by atoms with E-state index in [2.05, 4.69) is 41.8 Å². The number of hydrogen-bond donors (Lipinski definition) is 3. The second-order valence-corrected chi connectivity index (χ2v) is 9.68. The van der Waals surface area contributed by atoms with Crippen molar-refractivity contribution in [3.05, 3.63) is 59.7 Å². The fourth-order valence-corrected chi connectivity index (χ4v) is 5.10. The van der Waals surface area contributed by atoms with E-state index in [1.54, 1.807) is 0 Å². The van der Waals surface area contributed by atoms with Gasteiger partial charge in [0.05, 0.1) is 5.41 Å². The van der Waals surface area contributed by atoms with E-state index < -0.39 is 23.5 Å². The molecular weight excluding hydrogens is 432 g/mol. The highest BCUT2D eigenvalue weighted by Gasteiger charge is 2.42. The average molecular weight is 465 g/mol. The largest absolute Gasteiger partial charge is 0.480 e. The van der Waals surface area contributed by atoms with Gasteiger partial charge in [-0.1, -0.05) is 55.5 Å². The zero-order valence-electron chi connectivity index (χ0n) is 19.7. The van der Waals surface area contributed by atoms with Crippen molar-refractivity contribution in [1.82, 2.24) is 10.6 Å². The number of carbonyl (C=O) groups excluding carboxylic acids is 2. The summed E-state index contributed by atoms with van der Waals surface area (Å²) in [7, 11) is 0. The number of carbonyl (C=O) groups is 3. The van der Waals surface area contributed by atoms with Gasteiger partial charge in [-0.25, -0.2) is 4.79 Å². The Morgan fingerprint density at radius 2 is 1.59 bits per heavy atom. The van der Waals surface area contributed by atoms with E-state index in [9.17, 15) is 19.5 Å². The van der Waals surface area contributed by atoms with Gasteiger partial charge in [-0.3, -0.25) is 9.59 Å². The number of carboxylic acids is 1. The summed E-state index contributed by atoms with van der Waals surface area (Å²) in [5, 5.41) is 14.6. The summed E-state index contributed by atoms with van der Waals surface area (Å²) in [5.41, 5.74) is 3.76. The summed E-state index contributed by atoms with van der Waals surface area (Å²) in [5.74, 6) is -0.958. The van der Waals surface area contributed by atoms with Crippen molar-refractivity contribution in [1.29, 1.82) is 0 Å². The highest BCUT2D eigenvalue weighted by atomic mass is 16.5. The van der Waals surface area contributed by atoms with Crippen molar-refractivity contribution in [3.63, 3.8) is 0 Å². The van der Waals surface area contributed by atoms with Gasteiger partial charge in [0, 0.05) is 12.5 Å². The molecule has 0 heterocycles. The quantitative estimate of drug-likeness (QED) is 0.566. The minimum Gasteiger partial charge on any atom is -0.480 e. The van der Waals surface area contributed by atoms with E-state index in [1.165, 1.54) is 6.92 Å². The lowest BCUT2D eigenvalue weighted by Gasteiger charge is -2.38. The number of hydrogen-bond acceptors (Lipinski definition) is 4. The third-order valence-corrected chi connectivity index (χ3v) is 7.35. The van der Waals surface area contributed by atoms with Gasteiger partial charge in [-0.2, -0.15) is 0 Å². The van der Waals surface area contributed by atoms with Gasteiger partial charge < -0.3 is 20.5 Å². The molecule has 0 bridgehead atoms. The summed E-state index contributed by atoms with van der Waals surface area (Å²) in [4.78, 5) is 36.9. The fourth-order valence-electron chi connectivity index (χ4n) is 5.10. The Kier molecular flexibility index (Phi) is 6.91. The molecule has 3 N–H and O–H groups in total. The standard InChI is InChI=1S/C27H32N2O5/c1-17-11-13-27(14-12-17,25(32)29-18(2)24(30)31)16-28-26(33)34-15-23-21-9-5-3-7-19(21)20-8-4-6-10-22(20)23/h3-10,17-18,23H,11-16H2,1-2H3,(H,28,33)(H,29,32)(H,30,31). The summed E-state index contributed by atoms with van der Waals surface area (Å²) in [6.07, 6.45) is 2.31. The Balaban J connectivity index is 1.40. The molecule has 2 aliphatic carbocycles. The van der Waals surface area contributed by atoms with Gasteiger partial charge in [0.15, 0.2) is 0 Å². The molecule has 7 heteroatoms. The topological polar surface area (TPSA) is 105 Å². The fraction of sp³-hybridized carbons (Fsp3) is 0.444. The number of aliphatic carboxylic acids is 1. The molecule has 1 fully saturated rings. The van der Waals surface area contributed by atoms with Crippen LogP contribution in [0.25, 0.3) is 11.1 Å². The van der Waals surface area contributed by atoms with Crippen molar-refractivity contribution in [3.8, 4) is 11.1 Å². The number of benzene rings is 2. The van der Waals surface area contributed by atoms with Crippen LogP contribution in [0, 0.1) is 11.3 Å². The van der Waals surface area contributed by atoms with Crippen LogP contribution in [0.1, 0.15) is 56.6 Å². The minimum atomic E-state index is -1.09. The zero-order valence-corrected chi connectivity index (χ0v) is 19.7. The van der Waals surface area contributed by atoms with Crippen LogP contribution in [0.15, 0.2) is 48.5 Å². The molecule has 180 valence electrons. The molecule has 0 radical (unpaired) electrons. The Morgan fingerprint density at radius 3 is 2.15 bits per heavy atom. The Labute approximate surface area is 199 Å². The van der Waals surface area contributed by atoms with E-state index in [1.807, 2.05) is 24.3 Å². The third-order valence-electron chi connectivity index (χ3n) is 7.35. The maximum Gasteiger partial charge on any atom is 0.407 e. The molecule has 0 aliphatic heterocycles. The van der Waals surface area contributed by atoms with Crippen LogP contribution < -0.4 is 10.6 Å². The first-order chi connectivity index (χ1) is 16.3. The molecule has 2 aromatic carbocycles. The molecule has 7 nitrogen and oxygen atoms in total. The molecule has 4 rings (SSSR count). The predicted octanol–water partition coefficient (Wildman–Crippen LogP) is 4.31. The predicted molar refractivity (Wildman–Crippen MR) is 128 cm³/mol. The van der Waals surface area contributed by atoms with E-state index in [0.29, 0.717) is 18.8 Å². The van der Waals surface area contributed by atoms with Crippen LogP contribution in [0.2, 0.25) is 0 Å². The first kappa shape index (κ1) is 23.8. The first-order valence-electron chi connectivity index (χ1n) is 11.9. The van der Waals surface area contributed by atoms with Crippen LogP contribution in [0.5, 0.6) is 0 Å². The second kappa shape index (κ2) is 9.87. The Morgan fingerprint density at radius 1 is 1.03 bits per heavy atom. The van der Waals surface area contributed by atoms with Crippen molar-refractivity contribution in [2.75, 3.05) is 13.2 Å². The Bertz CT molecular complexity index is 1030. The minimum absolute atomic E-state index is 0.0395. The highest BCUT2D eigenvalue weighted by molar-refractivity contribution is 5.88. The molecule has 0 spiro atoms. The van der Waals surface area contributed by atoms with Gasteiger partial charge in [0.1, 0.15) is 12.6 Å². The number of nitrogens with one attached hydrogen (secondary N) is 2. The van der Waals surface area contributed by atoms with Gasteiger partial charge in [-0.15, -0.1) is 0 Å². The van der Waals surface area contributed by atoms with E-state index in [4.69, 9.17) is 4.74 Å². The van der Waals surface area contributed by atoms with Gasteiger partial charge in [0.2, 0.25) is 5.91 Å². The third kappa shape index (κ3) is 4.79. The number of rotatable bonds is 7. The summed E-state index contributed by atoms with van der Waals surface area (Å²) >= 11 is 0. The maximum absolute atomic E-state index is 13.0. The number of carboxylic acid groups (broad SMARTS) is 1. The molecular formula is C27H32N2O5. The van der Waals surface area contributed by atoms with Gasteiger partial charge in [0.25, 0.3) is 0 Å². The van der Waals surface area contributed by atoms with Gasteiger partial charge >= 0.3 is 12.1 Å². The molecule has 2 aliphatic rings. The SMILES string of the molecule is CC1CCC(CNC(=O)OCC2c3ccccc3-c3ccccc32)(C(=O)NC(C)C(=O)O)CC1. The number of amides is 2. The molecule has 2 aromatic rings. The number of ether oxygens (including phenoxy) is 1. The molecule has 2 amide bonds. The van der Waals surface area contributed by atoms with Crippen molar-refractivity contribution < 1.29 is 24.2 Å². The molecule has 34 heavy (non-hydrogen) atoms. The average Bonchev–Trinajstić information content (AvgIpc) is 3.16.